The third kappa shape index (κ3) is 10.2. The summed E-state index contributed by atoms with van der Waals surface area (Å²) >= 11 is 0. The van der Waals surface area contributed by atoms with Gasteiger partial charge in [-0.15, -0.1) is 0 Å². The Morgan fingerprint density at radius 3 is 2.52 bits per heavy atom. The van der Waals surface area contributed by atoms with Gasteiger partial charge in [0.1, 0.15) is 5.82 Å². The molecule has 0 bridgehead atoms. The molecule has 0 fully saturated rings. The molecule has 0 amide bonds. The van der Waals surface area contributed by atoms with Gasteiger partial charge in [0, 0.05) is 12.7 Å². The molecule has 1 heterocycles. The molecule has 138 valence electrons. The fourth-order valence-corrected chi connectivity index (χ4v) is 2.19. The van der Waals surface area contributed by atoms with E-state index in [1.54, 1.807) is 6.07 Å². The lowest BCUT2D eigenvalue weighted by Crippen LogP contribution is -2.10. The third-order valence-electron chi connectivity index (χ3n) is 3.59. The maximum absolute atomic E-state index is 13.2. The van der Waals surface area contributed by atoms with E-state index in [-0.39, 0.29) is 5.82 Å². The van der Waals surface area contributed by atoms with E-state index < -0.39 is 0 Å². The predicted octanol–water partition coefficient (Wildman–Crippen LogP) is 5.02. The smallest absolute Gasteiger partial charge is 0.126 e. The zero-order valence-electron chi connectivity index (χ0n) is 15.9. The lowest BCUT2D eigenvalue weighted by molar-refractivity contribution is 0.602. The van der Waals surface area contributed by atoms with Crippen LogP contribution in [0.25, 0.3) is 0 Å². The number of hydrogen-bond acceptors (Lipinski definition) is 2. The number of halogens is 1. The minimum atomic E-state index is -0.0524. The Balaban J connectivity index is 0.000000403. The summed E-state index contributed by atoms with van der Waals surface area (Å²) in [5.74, 6) is -0.0524. The van der Waals surface area contributed by atoms with Gasteiger partial charge >= 0.3 is 0 Å². The summed E-state index contributed by atoms with van der Waals surface area (Å²) in [6, 6.07) is 5.46. The zero-order valence-corrected chi connectivity index (χ0v) is 15.9. The van der Waals surface area contributed by atoms with Crippen LogP contribution in [-0.4, -0.2) is 12.9 Å². The molecule has 0 saturated carbocycles. The first-order valence-corrected chi connectivity index (χ1v) is 8.69. The maximum atomic E-state index is 13.2. The molecule has 4 N–H and O–H groups in total. The normalized spacial score (nSPS) is 12.7. The molecular formula is C21H32FN3. The van der Waals surface area contributed by atoms with Crippen molar-refractivity contribution in [3.8, 4) is 0 Å². The van der Waals surface area contributed by atoms with Crippen molar-refractivity contribution in [1.29, 1.82) is 5.41 Å². The van der Waals surface area contributed by atoms with Gasteiger partial charge in [0.25, 0.3) is 0 Å². The monoisotopic (exact) mass is 345 g/mol. The van der Waals surface area contributed by atoms with Crippen molar-refractivity contribution < 1.29 is 4.39 Å². The number of dihydropyridines is 1. The van der Waals surface area contributed by atoms with Crippen LogP contribution >= 0.6 is 0 Å². The SMILES string of the molecule is C/C=C\C1=CNCC=C1C.CCCCc1ccc(C)cc1F.N=CN. The summed E-state index contributed by atoms with van der Waals surface area (Å²) in [5.41, 5.74) is 8.88. The van der Waals surface area contributed by atoms with E-state index >= 15 is 0 Å². The average molecular weight is 346 g/mol. The van der Waals surface area contributed by atoms with Crippen molar-refractivity contribution in [2.24, 2.45) is 5.73 Å². The van der Waals surface area contributed by atoms with Crippen molar-refractivity contribution in [2.45, 2.75) is 47.0 Å². The molecule has 0 spiro atoms. The van der Waals surface area contributed by atoms with E-state index in [9.17, 15) is 4.39 Å². The number of allylic oxidation sites excluding steroid dienone is 4. The summed E-state index contributed by atoms with van der Waals surface area (Å²) in [6.45, 7) is 9.15. The van der Waals surface area contributed by atoms with E-state index in [0.717, 1.165) is 43.3 Å². The summed E-state index contributed by atoms with van der Waals surface area (Å²) < 4.78 is 13.2. The molecule has 1 aliphatic heterocycles. The number of aryl methyl sites for hydroxylation is 2. The summed E-state index contributed by atoms with van der Waals surface area (Å²) in [4.78, 5) is 0. The van der Waals surface area contributed by atoms with Crippen molar-refractivity contribution in [3.63, 3.8) is 0 Å². The first-order chi connectivity index (χ1) is 12.0. The van der Waals surface area contributed by atoms with Crippen molar-refractivity contribution in [1.82, 2.24) is 5.32 Å². The molecule has 1 aromatic rings. The van der Waals surface area contributed by atoms with Crippen LogP contribution in [0, 0.1) is 18.2 Å². The van der Waals surface area contributed by atoms with Gasteiger partial charge in [-0.1, -0.05) is 43.7 Å². The predicted molar refractivity (Wildman–Crippen MR) is 107 cm³/mol. The van der Waals surface area contributed by atoms with Crippen LogP contribution < -0.4 is 11.1 Å². The Hall–Kier alpha value is -2.36. The number of unbranched alkanes of at least 4 members (excludes halogenated alkanes) is 1. The quantitative estimate of drug-likeness (QED) is 0.530. The number of benzene rings is 1. The van der Waals surface area contributed by atoms with Gasteiger partial charge in [0.05, 0.1) is 6.34 Å². The highest BCUT2D eigenvalue weighted by molar-refractivity contribution is 5.46. The van der Waals surface area contributed by atoms with E-state index in [2.05, 4.69) is 49.3 Å². The Labute approximate surface area is 152 Å². The fraction of sp³-hybridized carbons (Fsp3) is 0.381. The first kappa shape index (κ1) is 22.6. The van der Waals surface area contributed by atoms with Crippen LogP contribution in [-0.2, 0) is 6.42 Å². The molecule has 0 unspecified atom stereocenters. The Bertz CT molecular complexity index is 601. The average Bonchev–Trinajstić information content (AvgIpc) is 2.58. The largest absolute Gasteiger partial charge is 0.390 e. The van der Waals surface area contributed by atoms with Crippen LogP contribution in [0.15, 0.2) is 53.8 Å². The second kappa shape index (κ2) is 14.0. The van der Waals surface area contributed by atoms with Crippen LogP contribution in [0.4, 0.5) is 4.39 Å². The second-order valence-corrected chi connectivity index (χ2v) is 5.76. The van der Waals surface area contributed by atoms with Gasteiger partial charge in [-0.05, 0) is 62.0 Å². The van der Waals surface area contributed by atoms with Gasteiger partial charge in [-0.25, -0.2) is 4.39 Å². The summed E-state index contributed by atoms with van der Waals surface area (Å²) in [5, 5.41) is 9.02. The fourth-order valence-electron chi connectivity index (χ4n) is 2.19. The van der Waals surface area contributed by atoms with Crippen molar-refractivity contribution in [3.05, 3.63) is 70.7 Å². The minimum absolute atomic E-state index is 0.0524. The molecule has 4 heteroatoms. The molecule has 1 aliphatic rings. The highest BCUT2D eigenvalue weighted by Gasteiger charge is 2.00. The molecule has 3 nitrogen and oxygen atoms in total. The lowest BCUT2D eigenvalue weighted by Gasteiger charge is -2.09. The molecule has 0 aromatic heterocycles. The first-order valence-electron chi connectivity index (χ1n) is 8.69. The molecule has 25 heavy (non-hydrogen) atoms. The van der Waals surface area contributed by atoms with Crippen molar-refractivity contribution >= 4 is 6.34 Å². The molecule has 0 aliphatic carbocycles. The topological polar surface area (TPSA) is 61.9 Å². The van der Waals surface area contributed by atoms with Gasteiger partial charge in [-0.2, -0.15) is 0 Å². The highest BCUT2D eigenvalue weighted by Crippen LogP contribution is 2.12. The zero-order chi connectivity index (χ0) is 19.1. The van der Waals surface area contributed by atoms with E-state index in [4.69, 9.17) is 5.41 Å². The van der Waals surface area contributed by atoms with Gasteiger partial charge in [-0.3, -0.25) is 5.41 Å². The standard InChI is InChI=1S/C11H15F.C9H13N.CH4N2/c1-3-4-5-10-7-6-9(2)8-11(10)12;1-3-4-9-7-10-6-5-8(9)2;2-1-3/h6-8H,3-5H2,1-2H3;3-5,7,10H,6H2,1-2H3;1H,(H3,2,3)/b;4-3-;. The molecule has 0 radical (unpaired) electrons. The third-order valence-corrected chi connectivity index (χ3v) is 3.59. The molecule has 0 saturated heterocycles. The Kier molecular flexibility index (Phi) is 12.7. The second-order valence-electron chi connectivity index (χ2n) is 5.76. The van der Waals surface area contributed by atoms with Gasteiger partial charge < -0.3 is 11.1 Å². The summed E-state index contributed by atoms with van der Waals surface area (Å²) in [7, 11) is 0. The van der Waals surface area contributed by atoms with Gasteiger partial charge in [0.15, 0.2) is 0 Å². The van der Waals surface area contributed by atoms with Gasteiger partial charge in [0.2, 0.25) is 0 Å². The molecule has 2 rings (SSSR count). The highest BCUT2D eigenvalue weighted by atomic mass is 19.1. The van der Waals surface area contributed by atoms with E-state index in [1.165, 1.54) is 11.1 Å². The van der Waals surface area contributed by atoms with Crippen LogP contribution in [0.5, 0.6) is 0 Å². The maximum Gasteiger partial charge on any atom is 0.126 e. The lowest BCUT2D eigenvalue weighted by atomic mass is 10.1. The number of rotatable bonds is 4. The van der Waals surface area contributed by atoms with Crippen LogP contribution in [0.1, 0.15) is 44.7 Å². The summed E-state index contributed by atoms with van der Waals surface area (Å²) in [6.07, 6.45) is 12.2. The van der Waals surface area contributed by atoms with Crippen LogP contribution in [0.2, 0.25) is 0 Å². The molecular weight excluding hydrogens is 313 g/mol. The van der Waals surface area contributed by atoms with E-state index in [1.807, 2.05) is 26.0 Å². The Morgan fingerprint density at radius 1 is 1.32 bits per heavy atom. The molecule has 1 aromatic carbocycles. The minimum Gasteiger partial charge on any atom is -0.390 e. The van der Waals surface area contributed by atoms with Crippen LogP contribution in [0.3, 0.4) is 0 Å². The van der Waals surface area contributed by atoms with E-state index in [0.29, 0.717) is 0 Å². The number of nitrogens with one attached hydrogen (secondary N) is 2. The number of nitrogens with two attached hydrogens (primary N) is 1. The van der Waals surface area contributed by atoms with Crippen molar-refractivity contribution in [2.75, 3.05) is 6.54 Å². The molecule has 0 atom stereocenters. The Morgan fingerprint density at radius 2 is 2.00 bits per heavy atom. The number of hydrogen-bond donors (Lipinski definition) is 3.